The molecule has 3 aromatic rings. The number of aromatic nitrogens is 2. The molecule has 1 atom stereocenters. The van der Waals surface area contributed by atoms with Crippen LogP contribution < -0.4 is 9.64 Å². The fourth-order valence-corrected chi connectivity index (χ4v) is 4.72. The van der Waals surface area contributed by atoms with Crippen LogP contribution in [-0.4, -0.2) is 78.2 Å². The maximum absolute atomic E-state index is 13.4. The Hall–Kier alpha value is -3.65. The number of hydrogen-bond acceptors (Lipinski definition) is 6. The van der Waals surface area contributed by atoms with Crippen LogP contribution in [0.2, 0.25) is 5.02 Å². The van der Waals surface area contributed by atoms with Crippen LogP contribution in [0, 0.1) is 5.92 Å². The summed E-state index contributed by atoms with van der Waals surface area (Å²) in [5, 5.41) is 9.48. The van der Waals surface area contributed by atoms with Gasteiger partial charge in [-0.2, -0.15) is 0 Å². The molecule has 1 aliphatic heterocycles. The Labute approximate surface area is 235 Å². The van der Waals surface area contributed by atoms with Gasteiger partial charge in [-0.15, -0.1) is 10.2 Å². The molecule has 1 fully saturated rings. The van der Waals surface area contributed by atoms with E-state index in [1.165, 1.54) is 0 Å². The molecule has 206 valence electrons. The molecular formula is C30H36ClN5O3. The summed E-state index contributed by atoms with van der Waals surface area (Å²) in [6.45, 7) is 7.39. The van der Waals surface area contributed by atoms with Gasteiger partial charge < -0.3 is 19.4 Å². The number of nitrogens with zero attached hydrogens (tertiary/aromatic N) is 5. The van der Waals surface area contributed by atoms with Gasteiger partial charge in [-0.05, 0) is 60.9 Å². The molecule has 9 heteroatoms. The van der Waals surface area contributed by atoms with Crippen LogP contribution >= 0.6 is 11.6 Å². The molecule has 1 aliphatic rings. The fourth-order valence-electron chi connectivity index (χ4n) is 4.59. The van der Waals surface area contributed by atoms with Crippen LogP contribution in [0.1, 0.15) is 37.0 Å². The van der Waals surface area contributed by atoms with E-state index in [9.17, 15) is 9.59 Å². The lowest BCUT2D eigenvalue weighted by molar-refractivity contribution is -0.131. The number of hydrogen-bond donors (Lipinski definition) is 0. The molecule has 8 nitrogen and oxygen atoms in total. The highest BCUT2D eigenvalue weighted by atomic mass is 35.5. The largest absolute Gasteiger partial charge is 0.497 e. The van der Waals surface area contributed by atoms with Crippen LogP contribution in [0.25, 0.3) is 11.3 Å². The summed E-state index contributed by atoms with van der Waals surface area (Å²) in [5.74, 6) is 1.65. The Morgan fingerprint density at radius 3 is 2.51 bits per heavy atom. The summed E-state index contributed by atoms with van der Waals surface area (Å²) >= 11 is 6.00. The minimum Gasteiger partial charge on any atom is -0.497 e. The van der Waals surface area contributed by atoms with Crippen molar-refractivity contribution in [2.24, 2.45) is 5.92 Å². The van der Waals surface area contributed by atoms with Crippen LogP contribution in [0.5, 0.6) is 5.75 Å². The first-order chi connectivity index (χ1) is 18.9. The Bertz CT molecular complexity index is 1250. The zero-order valence-electron chi connectivity index (χ0n) is 22.8. The van der Waals surface area contributed by atoms with Crippen LogP contribution in [0.4, 0.5) is 5.82 Å². The van der Waals surface area contributed by atoms with Gasteiger partial charge in [0, 0.05) is 48.9 Å². The van der Waals surface area contributed by atoms with Crippen molar-refractivity contribution in [2.75, 3.05) is 51.3 Å². The number of amides is 2. The van der Waals surface area contributed by atoms with E-state index in [0.29, 0.717) is 36.8 Å². The van der Waals surface area contributed by atoms with E-state index in [4.69, 9.17) is 16.3 Å². The molecule has 2 heterocycles. The molecule has 0 saturated carbocycles. The molecule has 0 radical (unpaired) electrons. The Morgan fingerprint density at radius 1 is 1.03 bits per heavy atom. The van der Waals surface area contributed by atoms with E-state index in [2.05, 4.69) is 28.9 Å². The summed E-state index contributed by atoms with van der Waals surface area (Å²) < 4.78 is 5.31. The number of benzene rings is 2. The van der Waals surface area contributed by atoms with Crippen molar-refractivity contribution in [1.82, 2.24) is 20.0 Å². The predicted molar refractivity (Wildman–Crippen MR) is 154 cm³/mol. The van der Waals surface area contributed by atoms with E-state index in [-0.39, 0.29) is 24.3 Å². The molecule has 4 rings (SSSR count). The topological polar surface area (TPSA) is 78.9 Å². The van der Waals surface area contributed by atoms with Crippen LogP contribution in [-0.2, 0) is 4.79 Å². The molecule has 0 bridgehead atoms. The van der Waals surface area contributed by atoms with Gasteiger partial charge >= 0.3 is 0 Å². The van der Waals surface area contributed by atoms with Gasteiger partial charge in [0.05, 0.1) is 12.8 Å². The molecule has 2 aromatic carbocycles. The first-order valence-electron chi connectivity index (χ1n) is 13.4. The Kier molecular flexibility index (Phi) is 9.76. The average Bonchev–Trinajstić information content (AvgIpc) is 3.23. The number of halogens is 1. The van der Waals surface area contributed by atoms with Gasteiger partial charge in [-0.1, -0.05) is 44.0 Å². The predicted octanol–water partition coefficient (Wildman–Crippen LogP) is 5.03. The van der Waals surface area contributed by atoms with Crippen molar-refractivity contribution < 1.29 is 14.3 Å². The van der Waals surface area contributed by atoms with Crippen molar-refractivity contribution in [3.63, 3.8) is 0 Å². The standard InChI is InChI=1S/C30H36ClN5O3/c1-4-22(2)20-36(30(38)23-9-11-25(31)12-10-23)21-29(37)35-16-6-15-34(17-18-35)28-14-13-27(32-33-28)24-7-5-8-26(19-24)39-3/h5,7-14,19,22H,4,6,15-18,20-21H2,1-3H3. The first-order valence-corrected chi connectivity index (χ1v) is 13.8. The SMILES string of the molecule is CCC(C)CN(CC(=O)N1CCCN(c2ccc(-c3cccc(OC)c3)nn2)CC1)C(=O)c1ccc(Cl)cc1. The number of methoxy groups -OCH3 is 1. The summed E-state index contributed by atoms with van der Waals surface area (Å²) in [6, 6.07) is 18.5. The third-order valence-electron chi connectivity index (χ3n) is 7.12. The smallest absolute Gasteiger partial charge is 0.254 e. The lowest BCUT2D eigenvalue weighted by Crippen LogP contribution is -2.45. The molecule has 39 heavy (non-hydrogen) atoms. The number of carbonyl (C=O) groups is 2. The zero-order chi connectivity index (χ0) is 27.8. The van der Waals surface area contributed by atoms with E-state index >= 15 is 0 Å². The number of rotatable bonds is 9. The van der Waals surface area contributed by atoms with Gasteiger partial charge in [0.15, 0.2) is 5.82 Å². The monoisotopic (exact) mass is 549 g/mol. The average molecular weight is 550 g/mol. The summed E-state index contributed by atoms with van der Waals surface area (Å²) in [6.07, 6.45) is 1.73. The second kappa shape index (κ2) is 13.4. The third kappa shape index (κ3) is 7.47. The van der Waals surface area contributed by atoms with Crippen molar-refractivity contribution in [1.29, 1.82) is 0 Å². The van der Waals surface area contributed by atoms with Crippen molar-refractivity contribution >= 4 is 29.2 Å². The second-order valence-electron chi connectivity index (χ2n) is 9.94. The molecular weight excluding hydrogens is 514 g/mol. The van der Waals surface area contributed by atoms with E-state index in [1.54, 1.807) is 36.3 Å². The summed E-state index contributed by atoms with van der Waals surface area (Å²) in [7, 11) is 1.64. The van der Waals surface area contributed by atoms with Crippen LogP contribution in [0.15, 0.2) is 60.7 Å². The molecule has 1 unspecified atom stereocenters. The van der Waals surface area contributed by atoms with Gasteiger partial charge in [0.25, 0.3) is 5.91 Å². The Balaban J connectivity index is 1.39. The van der Waals surface area contributed by atoms with Crippen molar-refractivity contribution in [3.05, 3.63) is 71.2 Å². The number of anilines is 1. The lowest BCUT2D eigenvalue weighted by atomic mass is 10.1. The van der Waals surface area contributed by atoms with Crippen molar-refractivity contribution in [3.8, 4) is 17.0 Å². The highest BCUT2D eigenvalue weighted by Crippen LogP contribution is 2.23. The quantitative estimate of drug-likeness (QED) is 0.372. The molecule has 0 spiro atoms. The Morgan fingerprint density at radius 2 is 1.82 bits per heavy atom. The maximum atomic E-state index is 13.4. The first kappa shape index (κ1) is 28.4. The highest BCUT2D eigenvalue weighted by Gasteiger charge is 2.25. The number of carbonyl (C=O) groups excluding carboxylic acids is 2. The van der Waals surface area contributed by atoms with Gasteiger partial charge in [-0.25, -0.2) is 0 Å². The van der Waals surface area contributed by atoms with Gasteiger partial charge in [0.2, 0.25) is 5.91 Å². The maximum Gasteiger partial charge on any atom is 0.254 e. The van der Waals surface area contributed by atoms with Gasteiger partial charge in [-0.3, -0.25) is 9.59 Å². The molecule has 1 saturated heterocycles. The third-order valence-corrected chi connectivity index (χ3v) is 7.37. The number of ether oxygens (including phenoxy) is 1. The fraction of sp³-hybridized carbons (Fsp3) is 0.400. The normalized spacial score (nSPS) is 14.5. The van der Waals surface area contributed by atoms with Crippen molar-refractivity contribution in [2.45, 2.75) is 26.7 Å². The molecule has 0 aliphatic carbocycles. The van der Waals surface area contributed by atoms with Gasteiger partial charge in [0.1, 0.15) is 12.3 Å². The minimum atomic E-state index is -0.150. The zero-order valence-corrected chi connectivity index (χ0v) is 23.6. The highest BCUT2D eigenvalue weighted by molar-refractivity contribution is 6.30. The minimum absolute atomic E-state index is 0.0399. The summed E-state index contributed by atoms with van der Waals surface area (Å²) in [5.41, 5.74) is 2.25. The van der Waals surface area contributed by atoms with E-state index < -0.39 is 0 Å². The molecule has 1 aromatic heterocycles. The second-order valence-corrected chi connectivity index (χ2v) is 10.4. The summed E-state index contributed by atoms with van der Waals surface area (Å²) in [4.78, 5) is 32.3. The van der Waals surface area contributed by atoms with Crippen LogP contribution in [0.3, 0.4) is 0 Å². The van der Waals surface area contributed by atoms with E-state index in [0.717, 1.165) is 42.2 Å². The van der Waals surface area contributed by atoms with E-state index in [1.807, 2.05) is 41.3 Å². The molecule has 2 amide bonds. The lowest BCUT2D eigenvalue weighted by Gasteiger charge is -2.29. The molecule has 0 N–H and O–H groups in total.